The third-order valence-electron chi connectivity index (χ3n) is 4.15. The number of carbonyl (C=O) groups is 3. The highest BCUT2D eigenvalue weighted by molar-refractivity contribution is 6.01. The van der Waals surface area contributed by atoms with E-state index in [0.717, 1.165) is 6.07 Å². The molecule has 7 heteroatoms. The molecule has 2 rings (SSSR count). The first-order valence-corrected chi connectivity index (χ1v) is 7.46. The Bertz CT molecular complexity index is 647. The van der Waals surface area contributed by atoms with Crippen molar-refractivity contribution in [3.8, 4) is 0 Å². The quantitative estimate of drug-likeness (QED) is 0.771. The van der Waals surface area contributed by atoms with Gasteiger partial charge in [0.25, 0.3) is 0 Å². The number of fused-ring (bicyclic) bond motifs is 1. The number of hydrogen-bond donors (Lipinski definition) is 3. The molecule has 0 aromatic heterocycles. The van der Waals surface area contributed by atoms with Crippen LogP contribution in [0.1, 0.15) is 38.2 Å². The number of halogens is 1. The summed E-state index contributed by atoms with van der Waals surface area (Å²) in [6.07, 6.45) is 0.488. The van der Waals surface area contributed by atoms with Crippen LogP contribution in [-0.2, 0) is 14.4 Å². The maximum atomic E-state index is 13.3. The van der Waals surface area contributed by atoms with Crippen LogP contribution in [0.4, 0.5) is 10.1 Å². The van der Waals surface area contributed by atoms with Crippen LogP contribution >= 0.6 is 0 Å². The summed E-state index contributed by atoms with van der Waals surface area (Å²) in [6.45, 7) is 3.56. The minimum absolute atomic E-state index is 0.0999. The molecule has 124 valence electrons. The highest BCUT2D eigenvalue weighted by Gasteiger charge is 2.34. The lowest BCUT2D eigenvalue weighted by Crippen LogP contribution is -2.47. The number of hydrogen-bond acceptors (Lipinski definition) is 3. The molecular weight excluding hydrogens is 303 g/mol. The molecule has 0 saturated heterocycles. The molecule has 1 aliphatic rings. The molecule has 0 fully saturated rings. The molecule has 1 aliphatic heterocycles. The molecule has 0 aliphatic carbocycles. The average molecular weight is 322 g/mol. The fraction of sp³-hybridized carbons (Fsp3) is 0.438. The fourth-order valence-corrected chi connectivity index (χ4v) is 2.61. The van der Waals surface area contributed by atoms with Crippen LogP contribution in [0.5, 0.6) is 0 Å². The summed E-state index contributed by atoms with van der Waals surface area (Å²) in [4.78, 5) is 35.5. The van der Waals surface area contributed by atoms with Crippen molar-refractivity contribution >= 4 is 23.5 Å². The van der Waals surface area contributed by atoms with E-state index in [1.54, 1.807) is 6.92 Å². The van der Waals surface area contributed by atoms with Gasteiger partial charge in [0.2, 0.25) is 11.8 Å². The first-order chi connectivity index (χ1) is 10.8. The van der Waals surface area contributed by atoms with Crippen molar-refractivity contribution in [2.75, 3.05) is 5.32 Å². The number of carbonyl (C=O) groups excluding carboxylic acids is 2. The van der Waals surface area contributed by atoms with Gasteiger partial charge in [0.15, 0.2) is 0 Å². The Morgan fingerprint density at radius 3 is 2.78 bits per heavy atom. The summed E-state index contributed by atoms with van der Waals surface area (Å²) in [5, 5.41) is 14.3. The molecule has 0 spiro atoms. The monoisotopic (exact) mass is 322 g/mol. The molecule has 2 amide bonds. The maximum absolute atomic E-state index is 13.3. The molecule has 1 aromatic carbocycles. The summed E-state index contributed by atoms with van der Waals surface area (Å²) in [7, 11) is 0. The minimum Gasteiger partial charge on any atom is -0.480 e. The zero-order valence-corrected chi connectivity index (χ0v) is 12.9. The molecule has 1 aromatic rings. The van der Waals surface area contributed by atoms with Crippen molar-refractivity contribution in [1.82, 2.24) is 5.32 Å². The van der Waals surface area contributed by atoms with Crippen LogP contribution in [0.2, 0.25) is 0 Å². The van der Waals surface area contributed by atoms with Crippen LogP contribution in [0.15, 0.2) is 18.2 Å². The Hall–Kier alpha value is -2.44. The van der Waals surface area contributed by atoms with Crippen molar-refractivity contribution < 1.29 is 23.9 Å². The molecule has 23 heavy (non-hydrogen) atoms. The van der Waals surface area contributed by atoms with Crippen molar-refractivity contribution in [2.24, 2.45) is 5.92 Å². The molecule has 0 bridgehead atoms. The Morgan fingerprint density at radius 1 is 1.48 bits per heavy atom. The second kappa shape index (κ2) is 6.76. The first-order valence-electron chi connectivity index (χ1n) is 7.46. The van der Waals surface area contributed by atoms with Gasteiger partial charge in [-0.1, -0.05) is 26.3 Å². The van der Waals surface area contributed by atoms with E-state index in [4.69, 9.17) is 0 Å². The number of rotatable bonds is 5. The van der Waals surface area contributed by atoms with Gasteiger partial charge < -0.3 is 15.7 Å². The van der Waals surface area contributed by atoms with Crippen molar-refractivity contribution in [1.29, 1.82) is 0 Å². The van der Waals surface area contributed by atoms with E-state index in [2.05, 4.69) is 10.6 Å². The molecule has 3 atom stereocenters. The van der Waals surface area contributed by atoms with E-state index in [1.807, 2.05) is 6.92 Å². The number of carboxylic acid groups (broad SMARTS) is 1. The number of anilines is 1. The second-order valence-electron chi connectivity index (χ2n) is 5.75. The van der Waals surface area contributed by atoms with Gasteiger partial charge in [0, 0.05) is 12.1 Å². The van der Waals surface area contributed by atoms with Gasteiger partial charge >= 0.3 is 5.97 Å². The van der Waals surface area contributed by atoms with Gasteiger partial charge in [-0.15, -0.1) is 0 Å². The molecule has 1 heterocycles. The SMILES string of the molecule is CCC(C)C(NC(=O)C1CC(=O)Nc2cc(F)ccc21)C(=O)O. The largest absolute Gasteiger partial charge is 0.480 e. The second-order valence-corrected chi connectivity index (χ2v) is 5.75. The first kappa shape index (κ1) is 16.9. The van der Waals surface area contributed by atoms with Crippen molar-refractivity contribution in [3.05, 3.63) is 29.6 Å². The zero-order valence-electron chi connectivity index (χ0n) is 12.9. The number of aliphatic carboxylic acids is 1. The third-order valence-corrected chi connectivity index (χ3v) is 4.15. The van der Waals surface area contributed by atoms with Gasteiger partial charge in [-0.2, -0.15) is 0 Å². The molecule has 3 N–H and O–H groups in total. The van der Waals surface area contributed by atoms with E-state index in [1.165, 1.54) is 12.1 Å². The van der Waals surface area contributed by atoms with E-state index in [0.29, 0.717) is 12.0 Å². The fourth-order valence-electron chi connectivity index (χ4n) is 2.61. The summed E-state index contributed by atoms with van der Waals surface area (Å²) >= 11 is 0. The summed E-state index contributed by atoms with van der Waals surface area (Å²) in [5.41, 5.74) is 0.730. The Labute approximate surface area is 133 Å². The Balaban J connectivity index is 2.26. The van der Waals surface area contributed by atoms with Gasteiger partial charge in [-0.3, -0.25) is 9.59 Å². The van der Waals surface area contributed by atoms with Gasteiger partial charge in [0.05, 0.1) is 5.92 Å². The molecule has 0 saturated carbocycles. The lowest BCUT2D eigenvalue weighted by Gasteiger charge is -2.27. The zero-order chi connectivity index (χ0) is 17.1. The summed E-state index contributed by atoms with van der Waals surface area (Å²) < 4.78 is 13.3. The van der Waals surface area contributed by atoms with E-state index < -0.39 is 35.6 Å². The van der Waals surface area contributed by atoms with Crippen LogP contribution in [-0.4, -0.2) is 28.9 Å². The predicted octanol–water partition coefficient (Wildman–Crippen LogP) is 1.87. The van der Waals surface area contributed by atoms with E-state index in [9.17, 15) is 23.9 Å². The van der Waals surface area contributed by atoms with Crippen LogP contribution in [0.3, 0.4) is 0 Å². The van der Waals surface area contributed by atoms with Crippen molar-refractivity contribution in [3.63, 3.8) is 0 Å². The third kappa shape index (κ3) is 3.67. The summed E-state index contributed by atoms with van der Waals surface area (Å²) in [5.74, 6) is -3.66. The Kier molecular flexibility index (Phi) is 4.98. The minimum atomic E-state index is -1.12. The topological polar surface area (TPSA) is 95.5 Å². The van der Waals surface area contributed by atoms with Crippen LogP contribution in [0, 0.1) is 11.7 Å². The Morgan fingerprint density at radius 2 is 2.17 bits per heavy atom. The van der Waals surface area contributed by atoms with E-state index >= 15 is 0 Å². The number of nitrogens with one attached hydrogen (secondary N) is 2. The van der Waals surface area contributed by atoms with Gasteiger partial charge in [0.1, 0.15) is 11.9 Å². The van der Waals surface area contributed by atoms with Gasteiger partial charge in [-0.05, 0) is 23.6 Å². The van der Waals surface area contributed by atoms with Gasteiger partial charge in [-0.25, -0.2) is 9.18 Å². The molecule has 6 nitrogen and oxygen atoms in total. The number of carboxylic acids is 1. The maximum Gasteiger partial charge on any atom is 0.326 e. The smallest absolute Gasteiger partial charge is 0.326 e. The average Bonchev–Trinajstić information content (AvgIpc) is 2.49. The van der Waals surface area contributed by atoms with Crippen LogP contribution in [0.25, 0.3) is 0 Å². The van der Waals surface area contributed by atoms with Crippen molar-refractivity contribution in [2.45, 2.75) is 38.6 Å². The lowest BCUT2D eigenvalue weighted by molar-refractivity contribution is -0.143. The van der Waals surface area contributed by atoms with Crippen LogP contribution < -0.4 is 10.6 Å². The molecular formula is C16H19FN2O4. The highest BCUT2D eigenvalue weighted by Crippen LogP contribution is 2.33. The number of benzene rings is 1. The molecule has 0 radical (unpaired) electrons. The standard InChI is InChI=1S/C16H19FN2O4/c1-3-8(2)14(16(22)23)19-15(21)11-7-13(20)18-12-6-9(17)4-5-10(11)12/h4-6,8,11,14H,3,7H2,1-2H3,(H,18,20)(H,19,21)(H,22,23). The number of amides is 2. The van der Waals surface area contributed by atoms with E-state index in [-0.39, 0.29) is 18.0 Å². The normalized spacial score (nSPS) is 19.3. The lowest BCUT2D eigenvalue weighted by atomic mass is 9.89. The summed E-state index contributed by atoms with van der Waals surface area (Å²) in [6, 6.07) is 2.77. The highest BCUT2D eigenvalue weighted by atomic mass is 19.1. The predicted molar refractivity (Wildman–Crippen MR) is 81.4 cm³/mol. The molecule has 3 unspecified atom stereocenters.